The Kier molecular flexibility index (Phi) is 8.38. The van der Waals surface area contributed by atoms with Gasteiger partial charge in [0.25, 0.3) is 0 Å². The number of hydrogen-bond acceptors (Lipinski definition) is 4. The van der Waals surface area contributed by atoms with E-state index in [1.165, 1.54) is 0 Å². The van der Waals surface area contributed by atoms with Crippen molar-refractivity contribution in [2.45, 2.75) is 27.2 Å². The molecule has 0 fully saturated rings. The van der Waals surface area contributed by atoms with Crippen molar-refractivity contribution < 1.29 is 19.1 Å². The molecule has 4 nitrogen and oxygen atoms in total. The fourth-order valence-corrected chi connectivity index (χ4v) is 1.47. The number of esters is 2. The Hall–Kier alpha value is -1.76. The third-order valence-corrected chi connectivity index (χ3v) is 2.33. The van der Waals surface area contributed by atoms with Crippen molar-refractivity contribution in [3.8, 4) is 11.8 Å². The molecule has 0 aliphatic rings. The predicted octanol–water partition coefficient (Wildman–Crippen LogP) is 1.94. The molecule has 0 aliphatic carbocycles. The zero-order chi connectivity index (χ0) is 14.0. The van der Waals surface area contributed by atoms with Crippen LogP contribution in [0.1, 0.15) is 27.2 Å². The topological polar surface area (TPSA) is 52.6 Å². The molecule has 1 unspecified atom stereocenters. The van der Waals surface area contributed by atoms with E-state index < -0.39 is 23.8 Å². The zero-order valence-electron chi connectivity index (χ0n) is 11.2. The largest absolute Gasteiger partial charge is 0.465 e. The molecular formula is C14H20O4. The molecule has 100 valence electrons. The molecule has 4 heteroatoms. The molecule has 0 aromatic heterocycles. The molecule has 0 radical (unpaired) electrons. The van der Waals surface area contributed by atoms with Crippen LogP contribution in [-0.4, -0.2) is 25.2 Å². The normalized spacial score (nSPS) is 11.1. The van der Waals surface area contributed by atoms with Gasteiger partial charge in [-0.15, -0.1) is 18.4 Å². The Morgan fingerprint density at radius 3 is 2.06 bits per heavy atom. The van der Waals surface area contributed by atoms with Crippen LogP contribution in [0.2, 0.25) is 0 Å². The highest BCUT2D eigenvalue weighted by Crippen LogP contribution is 2.20. The molecule has 0 rings (SSSR count). The quantitative estimate of drug-likeness (QED) is 0.301. The number of carbonyl (C=O) groups excluding carboxylic acids is 2. The van der Waals surface area contributed by atoms with E-state index in [0.717, 1.165) is 0 Å². The maximum atomic E-state index is 11.8. The van der Waals surface area contributed by atoms with Crippen molar-refractivity contribution in [2.24, 2.45) is 11.8 Å². The summed E-state index contributed by atoms with van der Waals surface area (Å²) in [5.41, 5.74) is 0. The van der Waals surface area contributed by atoms with E-state index in [-0.39, 0.29) is 13.2 Å². The first-order chi connectivity index (χ1) is 8.62. The van der Waals surface area contributed by atoms with Crippen molar-refractivity contribution >= 4 is 11.9 Å². The first-order valence-electron chi connectivity index (χ1n) is 5.97. The highest BCUT2D eigenvalue weighted by atomic mass is 16.6. The van der Waals surface area contributed by atoms with Crippen LogP contribution in [0.15, 0.2) is 12.7 Å². The fourth-order valence-electron chi connectivity index (χ4n) is 1.47. The van der Waals surface area contributed by atoms with E-state index in [9.17, 15) is 9.59 Å². The van der Waals surface area contributed by atoms with E-state index in [1.54, 1.807) is 26.8 Å². The van der Waals surface area contributed by atoms with Crippen molar-refractivity contribution in [1.29, 1.82) is 0 Å². The van der Waals surface area contributed by atoms with Gasteiger partial charge in [0.15, 0.2) is 5.92 Å². The molecule has 0 N–H and O–H groups in total. The third kappa shape index (κ3) is 5.05. The standard InChI is InChI=1S/C14H20O4/c1-5-9-10-11(6-2)12(13(15)17-7-3)14(16)18-8-4/h6,11-12H,2,7-8,10H2,1,3-4H3. The molecule has 1 atom stereocenters. The molecule has 0 amide bonds. The average molecular weight is 252 g/mol. The zero-order valence-corrected chi connectivity index (χ0v) is 11.2. The maximum Gasteiger partial charge on any atom is 0.320 e. The Morgan fingerprint density at radius 1 is 1.22 bits per heavy atom. The molecule has 0 saturated carbocycles. The summed E-state index contributed by atoms with van der Waals surface area (Å²) < 4.78 is 9.80. The van der Waals surface area contributed by atoms with E-state index >= 15 is 0 Å². The molecular weight excluding hydrogens is 232 g/mol. The summed E-state index contributed by atoms with van der Waals surface area (Å²) in [6.45, 7) is 9.15. The Labute approximate surface area is 108 Å². The van der Waals surface area contributed by atoms with Crippen LogP contribution >= 0.6 is 0 Å². The van der Waals surface area contributed by atoms with Gasteiger partial charge in [-0.2, -0.15) is 0 Å². The van der Waals surface area contributed by atoms with Gasteiger partial charge < -0.3 is 9.47 Å². The van der Waals surface area contributed by atoms with Crippen molar-refractivity contribution in [3.63, 3.8) is 0 Å². The average Bonchev–Trinajstić information content (AvgIpc) is 2.34. The molecule has 0 saturated heterocycles. The SMILES string of the molecule is C=CC(CC#CC)C(C(=O)OCC)C(=O)OCC. The monoisotopic (exact) mass is 252 g/mol. The number of hydrogen-bond donors (Lipinski definition) is 0. The minimum Gasteiger partial charge on any atom is -0.465 e. The smallest absolute Gasteiger partial charge is 0.320 e. The molecule has 0 spiro atoms. The van der Waals surface area contributed by atoms with Gasteiger partial charge in [0, 0.05) is 12.3 Å². The molecule has 0 heterocycles. The van der Waals surface area contributed by atoms with E-state index in [0.29, 0.717) is 6.42 Å². The van der Waals surface area contributed by atoms with E-state index in [2.05, 4.69) is 18.4 Å². The first kappa shape index (κ1) is 16.2. The molecule has 18 heavy (non-hydrogen) atoms. The summed E-state index contributed by atoms with van der Waals surface area (Å²) in [6, 6.07) is 0. The highest BCUT2D eigenvalue weighted by molar-refractivity contribution is 5.95. The van der Waals surface area contributed by atoms with E-state index in [4.69, 9.17) is 9.47 Å². The van der Waals surface area contributed by atoms with Gasteiger partial charge in [-0.05, 0) is 20.8 Å². The molecule has 0 aliphatic heterocycles. The van der Waals surface area contributed by atoms with Crippen LogP contribution in [0.3, 0.4) is 0 Å². The van der Waals surface area contributed by atoms with Gasteiger partial charge in [-0.3, -0.25) is 9.59 Å². The van der Waals surface area contributed by atoms with Crippen LogP contribution in [0.5, 0.6) is 0 Å². The second-order valence-corrected chi connectivity index (χ2v) is 3.51. The van der Waals surface area contributed by atoms with Gasteiger partial charge in [0.05, 0.1) is 13.2 Å². The Balaban J connectivity index is 5.00. The van der Waals surface area contributed by atoms with Crippen LogP contribution in [0.25, 0.3) is 0 Å². The lowest BCUT2D eigenvalue weighted by Crippen LogP contribution is -2.33. The summed E-state index contributed by atoms with van der Waals surface area (Å²) >= 11 is 0. The molecule has 0 aromatic carbocycles. The maximum absolute atomic E-state index is 11.8. The third-order valence-electron chi connectivity index (χ3n) is 2.33. The predicted molar refractivity (Wildman–Crippen MR) is 68.5 cm³/mol. The second-order valence-electron chi connectivity index (χ2n) is 3.51. The Bertz CT molecular complexity index is 331. The van der Waals surface area contributed by atoms with Gasteiger partial charge in [0.1, 0.15) is 0 Å². The fraction of sp³-hybridized carbons (Fsp3) is 0.571. The lowest BCUT2D eigenvalue weighted by atomic mass is 9.89. The molecule has 0 aromatic rings. The summed E-state index contributed by atoms with van der Waals surface area (Å²) in [5, 5.41) is 0. The number of rotatable bonds is 7. The second kappa shape index (κ2) is 9.29. The summed E-state index contributed by atoms with van der Waals surface area (Å²) in [6.07, 6.45) is 1.92. The van der Waals surface area contributed by atoms with Crippen LogP contribution in [-0.2, 0) is 19.1 Å². The van der Waals surface area contributed by atoms with Crippen LogP contribution in [0.4, 0.5) is 0 Å². The lowest BCUT2D eigenvalue weighted by Gasteiger charge is -2.19. The lowest BCUT2D eigenvalue weighted by molar-refractivity contribution is -0.163. The summed E-state index contributed by atoms with van der Waals surface area (Å²) in [5.74, 6) is 3.02. The summed E-state index contributed by atoms with van der Waals surface area (Å²) in [4.78, 5) is 23.6. The van der Waals surface area contributed by atoms with Gasteiger partial charge in [-0.1, -0.05) is 6.08 Å². The number of ether oxygens (including phenoxy) is 2. The highest BCUT2D eigenvalue weighted by Gasteiger charge is 2.35. The first-order valence-corrected chi connectivity index (χ1v) is 5.97. The minimum absolute atomic E-state index is 0.220. The van der Waals surface area contributed by atoms with Crippen LogP contribution < -0.4 is 0 Å². The van der Waals surface area contributed by atoms with Crippen molar-refractivity contribution in [2.75, 3.05) is 13.2 Å². The van der Waals surface area contributed by atoms with E-state index in [1.807, 2.05) is 0 Å². The summed E-state index contributed by atoms with van der Waals surface area (Å²) in [7, 11) is 0. The van der Waals surface area contributed by atoms with Gasteiger partial charge >= 0.3 is 11.9 Å². The minimum atomic E-state index is -0.983. The van der Waals surface area contributed by atoms with Gasteiger partial charge in [-0.25, -0.2) is 0 Å². The number of carbonyl (C=O) groups is 2. The molecule has 0 bridgehead atoms. The van der Waals surface area contributed by atoms with Crippen molar-refractivity contribution in [3.05, 3.63) is 12.7 Å². The van der Waals surface area contributed by atoms with Gasteiger partial charge in [0.2, 0.25) is 0 Å². The van der Waals surface area contributed by atoms with Crippen molar-refractivity contribution in [1.82, 2.24) is 0 Å². The Morgan fingerprint density at radius 2 is 1.72 bits per heavy atom. The van der Waals surface area contributed by atoms with Crippen LogP contribution in [0, 0.1) is 23.7 Å². The number of allylic oxidation sites excluding steroid dienone is 1.